The molecule has 0 radical (unpaired) electrons. The van der Waals surface area contributed by atoms with Crippen LogP contribution in [0, 0.1) is 29.2 Å². The molecule has 0 unspecified atom stereocenters. The van der Waals surface area contributed by atoms with Crippen molar-refractivity contribution in [2.24, 2.45) is 5.92 Å². The molecule has 0 saturated heterocycles. The summed E-state index contributed by atoms with van der Waals surface area (Å²) in [7, 11) is 0. The first-order valence-corrected chi connectivity index (χ1v) is 8.74. The second kappa shape index (κ2) is 7.03. The molecule has 0 heterocycles. The SMILES string of the molecule is Fc1cc(-c2ccc(/C=C/C3CC3)cc2)ccc1-c1cc(F)c(F)c(F)c1. The summed E-state index contributed by atoms with van der Waals surface area (Å²) in [5, 5.41) is 0. The van der Waals surface area contributed by atoms with E-state index in [1.807, 2.05) is 24.3 Å². The maximum Gasteiger partial charge on any atom is 0.194 e. The van der Waals surface area contributed by atoms with E-state index in [0.717, 1.165) is 23.3 Å². The highest BCUT2D eigenvalue weighted by Crippen LogP contribution is 2.32. The molecule has 0 amide bonds. The Balaban J connectivity index is 1.61. The summed E-state index contributed by atoms with van der Waals surface area (Å²) in [5.41, 5.74) is 2.54. The van der Waals surface area contributed by atoms with Gasteiger partial charge in [0.2, 0.25) is 0 Å². The van der Waals surface area contributed by atoms with Crippen LogP contribution in [0.25, 0.3) is 28.3 Å². The number of hydrogen-bond acceptors (Lipinski definition) is 0. The van der Waals surface area contributed by atoms with Gasteiger partial charge >= 0.3 is 0 Å². The molecular formula is C23H16F4. The average molecular weight is 368 g/mol. The molecule has 0 N–H and O–H groups in total. The van der Waals surface area contributed by atoms with E-state index in [0.29, 0.717) is 11.5 Å². The lowest BCUT2D eigenvalue weighted by atomic mass is 9.98. The smallest absolute Gasteiger partial charge is 0.194 e. The Labute approximate surface area is 154 Å². The fourth-order valence-corrected chi connectivity index (χ4v) is 2.96. The molecule has 0 aliphatic heterocycles. The Bertz CT molecular complexity index is 992. The van der Waals surface area contributed by atoms with E-state index < -0.39 is 23.3 Å². The summed E-state index contributed by atoms with van der Waals surface area (Å²) < 4.78 is 54.5. The van der Waals surface area contributed by atoms with Crippen LogP contribution in [0.2, 0.25) is 0 Å². The largest absolute Gasteiger partial charge is 0.206 e. The highest BCUT2D eigenvalue weighted by atomic mass is 19.2. The van der Waals surface area contributed by atoms with Crippen molar-refractivity contribution in [3.05, 3.63) is 89.5 Å². The van der Waals surface area contributed by atoms with Gasteiger partial charge in [-0.3, -0.25) is 0 Å². The summed E-state index contributed by atoms with van der Waals surface area (Å²) >= 11 is 0. The van der Waals surface area contributed by atoms with Crippen LogP contribution in [0.3, 0.4) is 0 Å². The topological polar surface area (TPSA) is 0 Å². The molecule has 0 atom stereocenters. The first kappa shape index (κ1) is 17.5. The zero-order chi connectivity index (χ0) is 19.0. The number of rotatable bonds is 4. The van der Waals surface area contributed by atoms with Crippen LogP contribution >= 0.6 is 0 Å². The summed E-state index contributed by atoms with van der Waals surface area (Å²) in [4.78, 5) is 0. The molecule has 1 saturated carbocycles. The van der Waals surface area contributed by atoms with Crippen LogP contribution in [-0.2, 0) is 0 Å². The Kier molecular flexibility index (Phi) is 4.56. The minimum absolute atomic E-state index is 0.0144. The first-order chi connectivity index (χ1) is 13.0. The molecule has 0 spiro atoms. The van der Waals surface area contributed by atoms with E-state index in [4.69, 9.17) is 0 Å². The third-order valence-corrected chi connectivity index (χ3v) is 4.69. The van der Waals surface area contributed by atoms with Gasteiger partial charge in [0.15, 0.2) is 17.5 Å². The highest BCUT2D eigenvalue weighted by Gasteiger charge is 2.17. The second-order valence-electron chi connectivity index (χ2n) is 6.77. The average Bonchev–Trinajstić information content (AvgIpc) is 3.49. The molecule has 1 aliphatic carbocycles. The van der Waals surface area contributed by atoms with Gasteiger partial charge in [-0.2, -0.15) is 0 Å². The molecule has 136 valence electrons. The number of halogens is 4. The fourth-order valence-electron chi connectivity index (χ4n) is 2.96. The van der Waals surface area contributed by atoms with Crippen molar-refractivity contribution in [3.8, 4) is 22.3 Å². The van der Waals surface area contributed by atoms with Gasteiger partial charge in [0.25, 0.3) is 0 Å². The van der Waals surface area contributed by atoms with Gasteiger partial charge in [-0.1, -0.05) is 48.6 Å². The molecule has 1 aliphatic rings. The molecule has 0 bridgehead atoms. The van der Waals surface area contributed by atoms with Crippen molar-refractivity contribution in [1.29, 1.82) is 0 Å². The molecule has 3 aromatic rings. The monoisotopic (exact) mass is 368 g/mol. The van der Waals surface area contributed by atoms with E-state index in [1.54, 1.807) is 6.07 Å². The van der Waals surface area contributed by atoms with Crippen LogP contribution in [-0.4, -0.2) is 0 Å². The summed E-state index contributed by atoms with van der Waals surface area (Å²) in [5.74, 6) is -4.18. The van der Waals surface area contributed by atoms with Crippen LogP contribution < -0.4 is 0 Å². The number of hydrogen-bond donors (Lipinski definition) is 0. The molecule has 1 fully saturated rings. The Hall–Kier alpha value is -2.88. The maximum absolute atomic E-state index is 14.5. The van der Waals surface area contributed by atoms with Crippen molar-refractivity contribution < 1.29 is 17.6 Å². The predicted octanol–water partition coefficient (Wildman–Crippen LogP) is 7.00. The predicted molar refractivity (Wildman–Crippen MR) is 98.9 cm³/mol. The third kappa shape index (κ3) is 3.80. The van der Waals surface area contributed by atoms with Crippen molar-refractivity contribution in [1.82, 2.24) is 0 Å². The van der Waals surface area contributed by atoms with Gasteiger partial charge in [-0.15, -0.1) is 0 Å². The first-order valence-electron chi connectivity index (χ1n) is 8.74. The van der Waals surface area contributed by atoms with Crippen molar-refractivity contribution in [2.45, 2.75) is 12.8 Å². The third-order valence-electron chi connectivity index (χ3n) is 4.69. The standard InChI is InChI=1S/C23H16F4/c24-20-11-17(16-7-5-15(6-8-16)4-3-14-1-2-14)9-10-19(20)18-12-21(25)23(27)22(26)13-18/h3-14H,1-2H2/b4-3+. The van der Waals surface area contributed by atoms with E-state index in [9.17, 15) is 17.6 Å². The Morgan fingerprint density at radius 3 is 1.85 bits per heavy atom. The fraction of sp³-hybridized carbons (Fsp3) is 0.130. The second-order valence-corrected chi connectivity index (χ2v) is 6.77. The molecule has 4 rings (SSSR count). The van der Waals surface area contributed by atoms with Crippen molar-refractivity contribution >= 4 is 6.08 Å². The summed E-state index contributed by atoms with van der Waals surface area (Å²) in [6, 6.07) is 13.7. The van der Waals surface area contributed by atoms with Crippen molar-refractivity contribution in [3.63, 3.8) is 0 Å². The molecule has 4 heteroatoms. The Morgan fingerprint density at radius 1 is 0.667 bits per heavy atom. The molecule has 0 nitrogen and oxygen atoms in total. The summed E-state index contributed by atoms with van der Waals surface area (Å²) in [6.45, 7) is 0. The normalized spacial score (nSPS) is 14.1. The van der Waals surface area contributed by atoms with E-state index in [-0.39, 0.29) is 11.1 Å². The maximum atomic E-state index is 14.5. The molecule has 0 aromatic heterocycles. The quantitative estimate of drug-likeness (QED) is 0.343. The molecular weight excluding hydrogens is 352 g/mol. The summed E-state index contributed by atoms with van der Waals surface area (Å²) in [6.07, 6.45) is 6.79. The molecule has 3 aromatic carbocycles. The lowest BCUT2D eigenvalue weighted by Gasteiger charge is -2.08. The van der Waals surface area contributed by atoms with Crippen LogP contribution in [0.1, 0.15) is 18.4 Å². The van der Waals surface area contributed by atoms with Crippen LogP contribution in [0.15, 0.2) is 60.7 Å². The van der Waals surface area contributed by atoms with Gasteiger partial charge in [0.1, 0.15) is 5.82 Å². The van der Waals surface area contributed by atoms with E-state index >= 15 is 0 Å². The van der Waals surface area contributed by atoms with Gasteiger partial charge < -0.3 is 0 Å². The lowest BCUT2D eigenvalue weighted by molar-refractivity contribution is 0.447. The number of allylic oxidation sites excluding steroid dienone is 1. The van der Waals surface area contributed by atoms with E-state index in [2.05, 4.69) is 12.2 Å². The lowest BCUT2D eigenvalue weighted by Crippen LogP contribution is -1.94. The van der Waals surface area contributed by atoms with Crippen LogP contribution in [0.4, 0.5) is 17.6 Å². The highest BCUT2D eigenvalue weighted by molar-refractivity contribution is 5.72. The van der Waals surface area contributed by atoms with Gasteiger partial charge in [-0.05, 0) is 59.2 Å². The zero-order valence-corrected chi connectivity index (χ0v) is 14.4. The van der Waals surface area contributed by atoms with E-state index in [1.165, 1.54) is 25.0 Å². The van der Waals surface area contributed by atoms with Crippen molar-refractivity contribution in [2.75, 3.05) is 0 Å². The zero-order valence-electron chi connectivity index (χ0n) is 14.4. The number of benzene rings is 3. The van der Waals surface area contributed by atoms with Gasteiger partial charge in [-0.25, -0.2) is 17.6 Å². The minimum Gasteiger partial charge on any atom is -0.206 e. The molecule has 27 heavy (non-hydrogen) atoms. The minimum atomic E-state index is -1.56. The van der Waals surface area contributed by atoms with Crippen LogP contribution in [0.5, 0.6) is 0 Å². The van der Waals surface area contributed by atoms with Gasteiger partial charge in [0, 0.05) is 5.56 Å². The Morgan fingerprint density at radius 2 is 1.26 bits per heavy atom. The van der Waals surface area contributed by atoms with Gasteiger partial charge in [0.05, 0.1) is 0 Å².